The Morgan fingerprint density at radius 2 is 0.639 bits per heavy atom. The topological polar surface area (TPSA) is 0 Å². The van der Waals surface area contributed by atoms with Crippen LogP contribution in [0.25, 0.3) is 0 Å². The van der Waals surface area contributed by atoms with Crippen molar-refractivity contribution in [3.63, 3.8) is 0 Å². The van der Waals surface area contributed by atoms with Gasteiger partial charge in [0.05, 0.1) is 0 Å². The molecule has 0 saturated heterocycles. The van der Waals surface area contributed by atoms with Crippen LogP contribution in [0.3, 0.4) is 0 Å². The van der Waals surface area contributed by atoms with Crippen LogP contribution in [-0.2, 0) is 0 Å². The van der Waals surface area contributed by atoms with Crippen molar-refractivity contribution in [1.82, 2.24) is 0 Å². The van der Waals surface area contributed by atoms with Crippen LogP contribution in [0.15, 0.2) is 0 Å². The van der Waals surface area contributed by atoms with Crippen LogP contribution in [0, 0.1) is 5.92 Å². The van der Waals surface area contributed by atoms with E-state index in [1.165, 1.54) is 190 Å². The fourth-order valence-electron chi connectivity index (χ4n) is 6.23. The molecule has 2 atom stereocenters. The summed E-state index contributed by atoms with van der Waals surface area (Å²) in [5, 5.41) is 0.729. The second-order valence-corrected chi connectivity index (χ2v) is 15.0. The molecular weight excluding hydrogens is 448 g/mol. The van der Waals surface area contributed by atoms with Crippen LogP contribution in [-0.4, -0.2) is 10.2 Å². The maximum atomic E-state index is 2.64. The second-order valence-electron chi connectivity index (χ2n) is 13.0. The molecule has 0 spiro atoms. The van der Waals surface area contributed by atoms with Gasteiger partial charge in [-0.15, -0.1) is 0 Å². The van der Waals surface area contributed by atoms with Gasteiger partial charge in [-0.2, -0.15) is 0 Å². The molecule has 36 heavy (non-hydrogen) atoms. The van der Waals surface area contributed by atoms with E-state index in [1.807, 2.05) is 0 Å². The van der Waals surface area contributed by atoms with Crippen LogP contribution >= 0.6 is 0 Å². The third kappa shape index (κ3) is 23.3. The summed E-state index contributed by atoms with van der Waals surface area (Å²) in [6.45, 7) is 9.63. The molecule has 0 bridgehead atoms. The standard InChI is InChI=1S/C35H74Si/c1-5-8-11-14-16-18-19-20-21-22-23-24-26-28-31-34(4)35(36,32-29-13-10-7-3)33-30-27-25-17-15-12-9-6-2/h34H,5-33H2,1-4,36H3. The lowest BCUT2D eigenvalue weighted by Crippen LogP contribution is -2.22. The molecule has 0 fully saturated rings. The molecule has 0 aliphatic heterocycles. The molecule has 1 heteroatoms. The Kier molecular flexibility index (Phi) is 28.4. The van der Waals surface area contributed by atoms with Crippen molar-refractivity contribution < 1.29 is 0 Å². The highest BCUT2D eigenvalue weighted by Gasteiger charge is 2.29. The van der Waals surface area contributed by atoms with Crippen molar-refractivity contribution in [1.29, 1.82) is 0 Å². The number of unbranched alkanes of at least 4 members (excludes halogenated alkanes) is 23. The van der Waals surface area contributed by atoms with Gasteiger partial charge in [0.1, 0.15) is 0 Å². The van der Waals surface area contributed by atoms with Crippen LogP contribution in [0.2, 0.25) is 5.04 Å². The van der Waals surface area contributed by atoms with Crippen molar-refractivity contribution >= 4 is 10.2 Å². The number of hydrogen-bond donors (Lipinski definition) is 0. The summed E-state index contributed by atoms with van der Waals surface area (Å²) >= 11 is 0. The summed E-state index contributed by atoms with van der Waals surface area (Å²) in [5.74, 6) is 0.965. The Morgan fingerprint density at radius 3 is 0.972 bits per heavy atom. The van der Waals surface area contributed by atoms with Crippen molar-refractivity contribution in [2.24, 2.45) is 5.92 Å². The molecular formula is C35H74Si. The fraction of sp³-hybridized carbons (Fsp3) is 1.00. The SMILES string of the molecule is CCCCCCCCCCCCCCCCC(C)C([SiH3])(CCCCCC)CCCCCCCCCC. The van der Waals surface area contributed by atoms with E-state index < -0.39 is 0 Å². The van der Waals surface area contributed by atoms with Crippen LogP contribution in [0.4, 0.5) is 0 Å². The second kappa shape index (κ2) is 28.2. The van der Waals surface area contributed by atoms with Gasteiger partial charge in [0, 0.05) is 10.2 Å². The highest BCUT2D eigenvalue weighted by atomic mass is 28.1. The first kappa shape index (κ1) is 36.2. The highest BCUT2D eigenvalue weighted by molar-refractivity contribution is 6.15. The quantitative estimate of drug-likeness (QED) is 0.0649. The van der Waals surface area contributed by atoms with Crippen molar-refractivity contribution in [3.8, 4) is 0 Å². The van der Waals surface area contributed by atoms with Crippen LogP contribution in [0.5, 0.6) is 0 Å². The minimum Gasteiger partial charge on any atom is -0.0654 e. The van der Waals surface area contributed by atoms with Gasteiger partial charge < -0.3 is 0 Å². The van der Waals surface area contributed by atoms with Crippen molar-refractivity contribution in [2.75, 3.05) is 0 Å². The summed E-state index contributed by atoms with van der Waals surface area (Å²) in [4.78, 5) is 0. The van der Waals surface area contributed by atoms with Crippen LogP contribution < -0.4 is 0 Å². The molecule has 0 saturated carbocycles. The minimum atomic E-state index is 0.729. The Hall–Kier alpha value is 0.217. The molecule has 0 aliphatic carbocycles. The molecule has 0 aromatic carbocycles. The predicted molar refractivity (Wildman–Crippen MR) is 173 cm³/mol. The Labute approximate surface area is 234 Å². The first-order valence-corrected chi connectivity index (χ1v) is 18.6. The average Bonchev–Trinajstić information content (AvgIpc) is 2.88. The summed E-state index contributed by atoms with van der Waals surface area (Å²) in [6, 6.07) is 0. The third-order valence-electron chi connectivity index (χ3n) is 9.38. The van der Waals surface area contributed by atoms with E-state index in [1.54, 1.807) is 6.42 Å². The Bertz CT molecular complexity index is 405. The van der Waals surface area contributed by atoms with E-state index in [-0.39, 0.29) is 0 Å². The Balaban J connectivity index is 3.95. The van der Waals surface area contributed by atoms with Gasteiger partial charge in [0.15, 0.2) is 0 Å². The van der Waals surface area contributed by atoms with Gasteiger partial charge in [-0.25, -0.2) is 0 Å². The smallest absolute Gasteiger partial charge is 0.0110 e. The Morgan fingerprint density at radius 1 is 0.389 bits per heavy atom. The minimum absolute atomic E-state index is 0.729. The summed E-state index contributed by atoms with van der Waals surface area (Å²) in [6.07, 6.45) is 42.8. The van der Waals surface area contributed by atoms with E-state index >= 15 is 0 Å². The van der Waals surface area contributed by atoms with E-state index in [0.29, 0.717) is 0 Å². The van der Waals surface area contributed by atoms with Crippen LogP contribution in [0.1, 0.15) is 214 Å². The normalized spacial score (nSPS) is 14.3. The molecule has 0 aromatic rings. The van der Waals surface area contributed by atoms with E-state index in [9.17, 15) is 0 Å². The number of hydrogen-bond acceptors (Lipinski definition) is 0. The molecule has 0 heterocycles. The van der Waals surface area contributed by atoms with Gasteiger partial charge in [0.25, 0.3) is 0 Å². The number of rotatable bonds is 30. The first-order chi connectivity index (χ1) is 17.6. The summed E-state index contributed by atoms with van der Waals surface area (Å²) in [7, 11) is 1.41. The average molecular weight is 523 g/mol. The molecule has 0 aliphatic rings. The molecule has 0 rings (SSSR count). The molecule has 2 unspecified atom stereocenters. The van der Waals surface area contributed by atoms with Gasteiger partial charge >= 0.3 is 0 Å². The van der Waals surface area contributed by atoms with E-state index in [0.717, 1.165) is 11.0 Å². The van der Waals surface area contributed by atoms with Gasteiger partial charge in [0.2, 0.25) is 0 Å². The first-order valence-electron chi connectivity index (χ1n) is 17.6. The maximum Gasteiger partial charge on any atom is 0.0110 e. The molecule has 0 aromatic heterocycles. The lowest BCUT2D eigenvalue weighted by Gasteiger charge is -2.37. The largest absolute Gasteiger partial charge is 0.0654 e. The van der Waals surface area contributed by atoms with Gasteiger partial charge in [-0.1, -0.05) is 214 Å². The van der Waals surface area contributed by atoms with Crippen molar-refractivity contribution in [2.45, 2.75) is 219 Å². The lowest BCUT2D eigenvalue weighted by atomic mass is 9.80. The zero-order chi connectivity index (χ0) is 26.6. The van der Waals surface area contributed by atoms with Crippen molar-refractivity contribution in [3.05, 3.63) is 0 Å². The summed E-state index contributed by atoms with van der Waals surface area (Å²) in [5.41, 5.74) is 0. The molecule has 0 amide bonds. The fourth-order valence-corrected chi connectivity index (χ4v) is 7.23. The zero-order valence-electron chi connectivity index (χ0n) is 26.6. The zero-order valence-corrected chi connectivity index (χ0v) is 28.6. The predicted octanol–water partition coefficient (Wildman–Crippen LogP) is 12.5. The monoisotopic (exact) mass is 523 g/mol. The molecule has 0 radical (unpaired) electrons. The van der Waals surface area contributed by atoms with Gasteiger partial charge in [-0.05, 0) is 11.0 Å². The third-order valence-corrected chi connectivity index (χ3v) is 11.4. The van der Waals surface area contributed by atoms with E-state index in [4.69, 9.17) is 0 Å². The highest BCUT2D eigenvalue weighted by Crippen LogP contribution is 2.45. The van der Waals surface area contributed by atoms with Gasteiger partial charge in [-0.3, -0.25) is 0 Å². The maximum absolute atomic E-state index is 2.64. The lowest BCUT2D eigenvalue weighted by molar-refractivity contribution is 0.294. The van der Waals surface area contributed by atoms with E-state index in [2.05, 4.69) is 27.7 Å². The molecule has 0 nitrogen and oxygen atoms in total. The molecule has 0 N–H and O–H groups in total. The molecule has 218 valence electrons. The summed E-state index contributed by atoms with van der Waals surface area (Å²) < 4.78 is 0.